The molecule has 0 radical (unpaired) electrons. The third kappa shape index (κ3) is 4.70. The lowest BCUT2D eigenvalue weighted by molar-refractivity contribution is -0.141. The Balaban J connectivity index is 2.36. The Bertz CT molecular complexity index is 822. The number of rotatable bonds is 6. The van der Waals surface area contributed by atoms with Crippen molar-refractivity contribution in [2.24, 2.45) is 0 Å². The van der Waals surface area contributed by atoms with E-state index in [9.17, 15) is 13.2 Å². The third-order valence-corrected chi connectivity index (χ3v) is 5.38. The number of carbonyl (C=O) groups is 1. The zero-order valence-electron chi connectivity index (χ0n) is 12.7. The van der Waals surface area contributed by atoms with E-state index in [4.69, 9.17) is 23.2 Å². The van der Waals surface area contributed by atoms with Crippen LogP contribution in [0.15, 0.2) is 53.4 Å². The molecule has 0 heterocycles. The minimum absolute atomic E-state index is 0.0359. The molecule has 0 aromatic heterocycles. The van der Waals surface area contributed by atoms with Crippen LogP contribution < -0.4 is 4.72 Å². The largest absolute Gasteiger partial charge is 0.469 e. The van der Waals surface area contributed by atoms with Crippen LogP contribution in [0.4, 0.5) is 0 Å². The SMILES string of the molecule is COC(=O)CC(NS(=O)(=O)c1ccc(Cl)cc1)c1ccccc1Cl. The van der Waals surface area contributed by atoms with Crippen LogP contribution in [0.3, 0.4) is 0 Å². The molecule has 0 fully saturated rings. The highest BCUT2D eigenvalue weighted by Gasteiger charge is 2.25. The summed E-state index contributed by atoms with van der Waals surface area (Å²) in [4.78, 5) is 11.7. The molecule has 24 heavy (non-hydrogen) atoms. The van der Waals surface area contributed by atoms with Gasteiger partial charge in [0.2, 0.25) is 10.0 Å². The van der Waals surface area contributed by atoms with Crippen LogP contribution >= 0.6 is 23.2 Å². The molecule has 0 spiro atoms. The minimum atomic E-state index is -3.87. The van der Waals surface area contributed by atoms with Crippen molar-refractivity contribution >= 4 is 39.2 Å². The number of nitrogens with one attached hydrogen (secondary N) is 1. The number of halogens is 2. The Labute approximate surface area is 150 Å². The topological polar surface area (TPSA) is 72.5 Å². The molecule has 2 aromatic rings. The second-order valence-corrected chi connectivity index (χ2v) is 7.49. The molecule has 0 amide bonds. The molecule has 0 saturated carbocycles. The van der Waals surface area contributed by atoms with Crippen molar-refractivity contribution in [1.29, 1.82) is 0 Å². The van der Waals surface area contributed by atoms with Gasteiger partial charge < -0.3 is 4.74 Å². The standard InChI is InChI=1S/C16H15Cl2NO4S/c1-23-16(20)10-15(13-4-2-3-5-14(13)18)19-24(21,22)12-8-6-11(17)7-9-12/h2-9,15,19H,10H2,1H3. The van der Waals surface area contributed by atoms with E-state index in [1.54, 1.807) is 24.3 Å². The Morgan fingerprint density at radius 1 is 1.12 bits per heavy atom. The van der Waals surface area contributed by atoms with Crippen LogP contribution in [0.2, 0.25) is 10.0 Å². The first-order valence-electron chi connectivity index (χ1n) is 6.92. The van der Waals surface area contributed by atoms with Gasteiger partial charge in [0.05, 0.1) is 24.5 Å². The molecule has 5 nitrogen and oxygen atoms in total. The highest BCUT2D eigenvalue weighted by atomic mass is 35.5. The van der Waals surface area contributed by atoms with Gasteiger partial charge >= 0.3 is 5.97 Å². The molecular formula is C16H15Cl2NO4S. The van der Waals surface area contributed by atoms with Gasteiger partial charge in [-0.2, -0.15) is 0 Å². The first kappa shape index (κ1) is 18.7. The van der Waals surface area contributed by atoms with Crippen LogP contribution in [0.25, 0.3) is 0 Å². The second kappa shape index (κ2) is 7.98. The van der Waals surface area contributed by atoms with E-state index >= 15 is 0 Å². The van der Waals surface area contributed by atoms with Gasteiger partial charge in [-0.3, -0.25) is 4.79 Å². The summed E-state index contributed by atoms with van der Waals surface area (Å²) in [6.45, 7) is 0. The number of carbonyl (C=O) groups excluding carboxylic acids is 1. The fourth-order valence-electron chi connectivity index (χ4n) is 2.09. The first-order chi connectivity index (χ1) is 11.3. The summed E-state index contributed by atoms with van der Waals surface area (Å²) >= 11 is 11.9. The summed E-state index contributed by atoms with van der Waals surface area (Å²) in [6, 6.07) is 11.6. The third-order valence-electron chi connectivity index (χ3n) is 3.30. The van der Waals surface area contributed by atoms with Gasteiger partial charge in [-0.25, -0.2) is 13.1 Å². The average Bonchev–Trinajstić information content (AvgIpc) is 2.54. The van der Waals surface area contributed by atoms with Crippen molar-refractivity contribution in [2.45, 2.75) is 17.4 Å². The van der Waals surface area contributed by atoms with Crippen LogP contribution in [-0.4, -0.2) is 21.5 Å². The van der Waals surface area contributed by atoms with Crippen LogP contribution in [0.1, 0.15) is 18.0 Å². The lowest BCUT2D eigenvalue weighted by atomic mass is 10.1. The Morgan fingerprint density at radius 2 is 1.75 bits per heavy atom. The number of hydrogen-bond acceptors (Lipinski definition) is 4. The lowest BCUT2D eigenvalue weighted by Crippen LogP contribution is -2.30. The summed E-state index contributed by atoms with van der Waals surface area (Å²) < 4.78 is 32.3. The highest BCUT2D eigenvalue weighted by Crippen LogP contribution is 2.27. The van der Waals surface area contributed by atoms with Crippen molar-refractivity contribution in [3.63, 3.8) is 0 Å². The highest BCUT2D eigenvalue weighted by molar-refractivity contribution is 7.89. The van der Waals surface area contributed by atoms with Gasteiger partial charge in [-0.1, -0.05) is 41.4 Å². The fraction of sp³-hybridized carbons (Fsp3) is 0.188. The molecule has 1 N–H and O–H groups in total. The van der Waals surface area contributed by atoms with Gasteiger partial charge in [-0.05, 0) is 35.9 Å². The first-order valence-corrected chi connectivity index (χ1v) is 9.16. The van der Waals surface area contributed by atoms with E-state index in [2.05, 4.69) is 9.46 Å². The normalized spacial score (nSPS) is 12.6. The predicted molar refractivity (Wildman–Crippen MR) is 92.6 cm³/mol. The molecule has 8 heteroatoms. The minimum Gasteiger partial charge on any atom is -0.469 e. The number of sulfonamides is 1. The van der Waals surface area contributed by atoms with Gasteiger partial charge in [0, 0.05) is 10.0 Å². The van der Waals surface area contributed by atoms with E-state index in [0.717, 1.165) is 0 Å². The van der Waals surface area contributed by atoms with Crippen molar-refractivity contribution in [1.82, 2.24) is 4.72 Å². The number of esters is 1. The van der Waals surface area contributed by atoms with Crippen molar-refractivity contribution in [2.75, 3.05) is 7.11 Å². The Kier molecular flexibility index (Phi) is 6.23. The molecule has 1 atom stereocenters. The van der Waals surface area contributed by atoms with Crippen LogP contribution in [0, 0.1) is 0 Å². The predicted octanol–water partition coefficient (Wildman–Crippen LogP) is 3.58. The Morgan fingerprint density at radius 3 is 2.33 bits per heavy atom. The van der Waals surface area contributed by atoms with E-state index in [0.29, 0.717) is 15.6 Å². The molecule has 0 aliphatic heterocycles. The maximum atomic E-state index is 12.6. The number of ether oxygens (including phenoxy) is 1. The van der Waals surface area contributed by atoms with Crippen molar-refractivity contribution < 1.29 is 17.9 Å². The average molecular weight is 388 g/mol. The second-order valence-electron chi connectivity index (χ2n) is 4.93. The fourth-order valence-corrected chi connectivity index (χ4v) is 3.70. The monoisotopic (exact) mass is 387 g/mol. The van der Waals surface area contributed by atoms with Gasteiger partial charge in [0.1, 0.15) is 0 Å². The van der Waals surface area contributed by atoms with Gasteiger partial charge in [-0.15, -0.1) is 0 Å². The molecule has 0 aliphatic rings. The number of hydrogen-bond donors (Lipinski definition) is 1. The lowest BCUT2D eigenvalue weighted by Gasteiger charge is -2.19. The van der Waals surface area contributed by atoms with Gasteiger partial charge in [0.15, 0.2) is 0 Å². The molecule has 0 aliphatic carbocycles. The smallest absolute Gasteiger partial charge is 0.307 e. The summed E-state index contributed by atoms with van der Waals surface area (Å²) in [7, 11) is -2.63. The molecule has 2 aromatic carbocycles. The summed E-state index contributed by atoms with van der Waals surface area (Å²) in [5.74, 6) is -0.557. The summed E-state index contributed by atoms with van der Waals surface area (Å²) in [6.07, 6.45) is -0.187. The Hall–Kier alpha value is -1.60. The number of methoxy groups -OCH3 is 1. The molecule has 0 bridgehead atoms. The molecule has 0 saturated heterocycles. The molecule has 1 unspecified atom stereocenters. The van der Waals surface area contributed by atoms with E-state index < -0.39 is 22.0 Å². The van der Waals surface area contributed by atoms with Crippen LogP contribution in [-0.2, 0) is 19.6 Å². The van der Waals surface area contributed by atoms with E-state index in [-0.39, 0.29) is 11.3 Å². The zero-order chi connectivity index (χ0) is 17.7. The quantitative estimate of drug-likeness (QED) is 0.768. The molecular weight excluding hydrogens is 373 g/mol. The van der Waals surface area contributed by atoms with Crippen molar-refractivity contribution in [3.8, 4) is 0 Å². The molecule has 2 rings (SSSR count). The summed E-state index contributed by atoms with van der Waals surface area (Å²) in [5, 5.41) is 0.774. The molecule has 128 valence electrons. The number of benzene rings is 2. The maximum Gasteiger partial charge on any atom is 0.307 e. The zero-order valence-corrected chi connectivity index (χ0v) is 15.0. The van der Waals surface area contributed by atoms with Gasteiger partial charge in [0.25, 0.3) is 0 Å². The summed E-state index contributed by atoms with van der Waals surface area (Å²) in [5.41, 5.74) is 0.488. The van der Waals surface area contributed by atoms with Crippen LogP contribution in [0.5, 0.6) is 0 Å². The maximum absolute atomic E-state index is 12.6. The van der Waals surface area contributed by atoms with Crippen molar-refractivity contribution in [3.05, 3.63) is 64.1 Å². The van der Waals surface area contributed by atoms with E-state index in [1.165, 1.54) is 31.4 Å². The van der Waals surface area contributed by atoms with E-state index in [1.807, 2.05) is 0 Å².